The molecule has 0 spiro atoms. The molecule has 11 heteroatoms. The molecule has 276 valence electrons. The first kappa shape index (κ1) is 38.9. The van der Waals surface area contributed by atoms with Crippen molar-refractivity contribution in [2.45, 2.75) is 39.8 Å². The van der Waals surface area contributed by atoms with E-state index in [1.54, 1.807) is 0 Å². The minimum Gasteiger partial charge on any atom is -1.00 e. The van der Waals surface area contributed by atoms with Gasteiger partial charge >= 0.3 is 0 Å². The molecule has 4 aromatic carbocycles. The molecule has 0 atom stereocenters. The van der Waals surface area contributed by atoms with Crippen molar-refractivity contribution in [1.82, 2.24) is 29.1 Å². The summed E-state index contributed by atoms with van der Waals surface area (Å²) in [6.45, 7) is 10.7. The van der Waals surface area contributed by atoms with Crippen LogP contribution in [0.5, 0.6) is 0 Å². The summed E-state index contributed by atoms with van der Waals surface area (Å²) in [5, 5.41) is 3.61. The lowest BCUT2D eigenvalue weighted by molar-refractivity contribution is -0.890. The van der Waals surface area contributed by atoms with E-state index in [9.17, 15) is 0 Å². The zero-order chi connectivity index (χ0) is 36.6. The predicted molar refractivity (Wildman–Crippen MR) is 219 cm³/mol. The van der Waals surface area contributed by atoms with Crippen LogP contribution in [-0.2, 0) is 13.1 Å². The van der Waals surface area contributed by atoms with Crippen molar-refractivity contribution in [2.24, 2.45) is 0 Å². The van der Waals surface area contributed by atoms with Crippen LogP contribution in [0.3, 0.4) is 0 Å². The number of nitrogens with zero attached hydrogens (tertiary/aromatic N) is 8. The molecule has 0 aliphatic heterocycles. The average molecular weight is 816 g/mol. The molecular weight excluding hydrogens is 767 g/mol. The molecular formula is C42H48BrCl2N8+. The van der Waals surface area contributed by atoms with Crippen LogP contribution in [0, 0.1) is 0 Å². The molecule has 0 N–H and O–H groups in total. The highest BCUT2D eigenvalue weighted by molar-refractivity contribution is 6.32. The van der Waals surface area contributed by atoms with Gasteiger partial charge in [0.1, 0.15) is 11.0 Å². The van der Waals surface area contributed by atoms with Gasteiger partial charge in [0, 0.05) is 20.8 Å². The number of fused-ring (bicyclic) bond motifs is 8. The molecule has 0 fully saturated rings. The molecule has 8 aromatic rings. The SMILES string of the molecule is CCC[N+](C)(C)CCn1c2ccc(Cl)cc2c2nc3ccccc3nc21.CCC[N+](C)(C)CCn1c2ccc(Cl)cc2c2nc3ccccc3nc21.[Br-]. The fourth-order valence-electron chi connectivity index (χ4n) is 7.44. The first-order chi connectivity index (χ1) is 25.0. The molecule has 0 aliphatic carbocycles. The normalized spacial score (nSPS) is 12.2. The Bertz CT molecular complexity index is 2380. The van der Waals surface area contributed by atoms with Crippen molar-refractivity contribution in [3.05, 3.63) is 95.0 Å². The van der Waals surface area contributed by atoms with E-state index in [1.165, 1.54) is 12.8 Å². The van der Waals surface area contributed by atoms with Crippen molar-refractivity contribution in [3.63, 3.8) is 0 Å². The summed E-state index contributed by atoms with van der Waals surface area (Å²) in [6, 6.07) is 28.2. The van der Waals surface area contributed by atoms with Gasteiger partial charge in [-0.15, -0.1) is 0 Å². The first-order valence-electron chi connectivity index (χ1n) is 18.3. The van der Waals surface area contributed by atoms with E-state index in [4.69, 9.17) is 43.1 Å². The second kappa shape index (κ2) is 15.9. The van der Waals surface area contributed by atoms with Crippen molar-refractivity contribution < 1.29 is 25.9 Å². The van der Waals surface area contributed by atoms with E-state index in [-0.39, 0.29) is 17.0 Å². The highest BCUT2D eigenvalue weighted by Gasteiger charge is 2.21. The van der Waals surface area contributed by atoms with Crippen molar-refractivity contribution in [1.29, 1.82) is 0 Å². The van der Waals surface area contributed by atoms with E-state index in [0.29, 0.717) is 0 Å². The van der Waals surface area contributed by atoms with E-state index in [2.05, 4.69) is 63.3 Å². The molecule has 0 aliphatic rings. The fraction of sp³-hybridized carbons (Fsp3) is 0.333. The Morgan fingerprint density at radius 2 is 0.868 bits per heavy atom. The van der Waals surface area contributed by atoms with Crippen LogP contribution in [0.15, 0.2) is 84.9 Å². The third-order valence-corrected chi connectivity index (χ3v) is 10.6. The number of likely N-dealkylation sites (N-methyl/N-ethyl adjacent to an activating group) is 2. The van der Waals surface area contributed by atoms with E-state index in [0.717, 1.165) is 124 Å². The fourth-order valence-corrected chi connectivity index (χ4v) is 7.79. The zero-order valence-electron chi connectivity index (χ0n) is 31.5. The van der Waals surface area contributed by atoms with Crippen molar-refractivity contribution in [2.75, 3.05) is 54.4 Å². The van der Waals surface area contributed by atoms with Gasteiger partial charge in [0.2, 0.25) is 0 Å². The van der Waals surface area contributed by atoms with Crippen LogP contribution in [-0.4, -0.2) is 92.4 Å². The number of quaternary nitrogens is 2. The van der Waals surface area contributed by atoms with E-state index >= 15 is 0 Å². The van der Waals surface area contributed by atoms with Crippen LogP contribution in [0.25, 0.3) is 66.2 Å². The molecule has 0 radical (unpaired) electrons. The van der Waals surface area contributed by atoms with Gasteiger partial charge in [-0.2, -0.15) is 0 Å². The lowest BCUT2D eigenvalue weighted by Gasteiger charge is -2.29. The maximum Gasteiger partial charge on any atom is 0.160 e. The summed E-state index contributed by atoms with van der Waals surface area (Å²) in [5.74, 6) is 0. The van der Waals surface area contributed by atoms with Gasteiger partial charge in [-0.3, -0.25) is 0 Å². The summed E-state index contributed by atoms with van der Waals surface area (Å²) in [4.78, 5) is 19.7. The molecule has 8 nitrogen and oxygen atoms in total. The molecule has 4 aromatic heterocycles. The molecule has 0 amide bonds. The van der Waals surface area contributed by atoms with Gasteiger partial charge in [-0.25, -0.2) is 19.9 Å². The quantitative estimate of drug-likeness (QED) is 0.143. The predicted octanol–water partition coefficient (Wildman–Crippen LogP) is 6.76. The summed E-state index contributed by atoms with van der Waals surface area (Å²) in [6.07, 6.45) is 2.36. The Morgan fingerprint density at radius 1 is 0.509 bits per heavy atom. The highest BCUT2D eigenvalue weighted by atomic mass is 79.9. The number of hydrogen-bond donors (Lipinski definition) is 0. The first-order valence-corrected chi connectivity index (χ1v) is 19.0. The van der Waals surface area contributed by atoms with Gasteiger partial charge in [-0.05, 0) is 73.5 Å². The molecule has 0 unspecified atom stereocenters. The molecule has 4 heterocycles. The lowest BCUT2D eigenvalue weighted by atomic mass is 10.2. The highest BCUT2D eigenvalue weighted by Crippen LogP contribution is 2.32. The number of para-hydroxylation sites is 4. The van der Waals surface area contributed by atoms with Gasteiger partial charge in [-0.1, -0.05) is 61.3 Å². The lowest BCUT2D eigenvalue weighted by Crippen LogP contribution is -3.00. The zero-order valence-corrected chi connectivity index (χ0v) is 34.5. The summed E-state index contributed by atoms with van der Waals surface area (Å²) >= 11 is 12.6. The maximum atomic E-state index is 6.28. The minimum absolute atomic E-state index is 0. The van der Waals surface area contributed by atoms with Gasteiger partial charge < -0.3 is 35.1 Å². The van der Waals surface area contributed by atoms with E-state index < -0.39 is 0 Å². The Labute approximate surface area is 331 Å². The maximum absolute atomic E-state index is 6.28. The number of rotatable bonds is 10. The smallest absolute Gasteiger partial charge is 0.160 e. The second-order valence-electron chi connectivity index (χ2n) is 15.2. The molecule has 0 bridgehead atoms. The topological polar surface area (TPSA) is 61.4 Å². The Hall–Kier alpha value is -3.86. The molecule has 0 saturated carbocycles. The van der Waals surface area contributed by atoms with Gasteiger partial charge in [0.15, 0.2) is 11.3 Å². The number of halogens is 3. The Balaban J connectivity index is 0.000000178. The summed E-state index contributed by atoms with van der Waals surface area (Å²) in [7, 11) is 9.15. The minimum atomic E-state index is 0. The second-order valence-corrected chi connectivity index (χ2v) is 16.0. The summed E-state index contributed by atoms with van der Waals surface area (Å²) < 4.78 is 6.59. The van der Waals surface area contributed by atoms with Crippen molar-refractivity contribution >= 4 is 89.4 Å². The third kappa shape index (κ3) is 8.15. The average Bonchev–Trinajstić information content (AvgIpc) is 3.58. The standard InChI is InChI=1S/2C21H24ClN4.BrH/c2*1-4-12-26(2,3)13-11-25-19-10-9-15(22)14-16(19)20-21(25)24-18-8-6-5-7-17(18)23-20;/h2*5-10,14H,4,11-13H2,1-3H3;1H/q2*+1;/p-1. The van der Waals surface area contributed by atoms with Gasteiger partial charge in [0.25, 0.3) is 0 Å². The van der Waals surface area contributed by atoms with Gasteiger partial charge in [0.05, 0.1) is 101 Å². The van der Waals surface area contributed by atoms with E-state index in [1.807, 2.05) is 72.8 Å². The molecule has 53 heavy (non-hydrogen) atoms. The van der Waals surface area contributed by atoms with Crippen LogP contribution >= 0.6 is 23.2 Å². The number of benzene rings is 4. The molecule has 0 saturated heterocycles. The Kier molecular flexibility index (Phi) is 11.6. The van der Waals surface area contributed by atoms with Crippen LogP contribution in [0.2, 0.25) is 10.0 Å². The monoisotopic (exact) mass is 813 g/mol. The summed E-state index contributed by atoms with van der Waals surface area (Å²) in [5.41, 5.74) is 9.74. The van der Waals surface area contributed by atoms with Crippen LogP contribution < -0.4 is 17.0 Å². The van der Waals surface area contributed by atoms with Crippen LogP contribution in [0.4, 0.5) is 0 Å². The Morgan fingerprint density at radius 3 is 1.23 bits per heavy atom. The molecule has 8 rings (SSSR count). The van der Waals surface area contributed by atoms with Crippen LogP contribution in [0.1, 0.15) is 26.7 Å². The third-order valence-electron chi connectivity index (χ3n) is 10.1. The largest absolute Gasteiger partial charge is 1.00 e. The number of hydrogen-bond acceptors (Lipinski definition) is 4. The van der Waals surface area contributed by atoms with Crippen molar-refractivity contribution in [3.8, 4) is 0 Å². The number of aromatic nitrogens is 6.